The topological polar surface area (TPSA) is 68.9 Å². The number of nitrogen functional groups attached to an aromatic ring is 1. The second kappa shape index (κ2) is 10.2. The lowest BCUT2D eigenvalue weighted by Crippen LogP contribution is -1.91. The average Bonchev–Trinajstić information content (AvgIpc) is 1.88. The molecule has 1 heterocycles. The molecular weight excluding hydrogens is 279 g/mol. The first-order chi connectivity index (χ1) is 5.18. The van der Waals surface area contributed by atoms with Crippen molar-refractivity contribution in [3.05, 3.63) is 16.5 Å². The molecule has 0 saturated carbocycles. The van der Waals surface area contributed by atoms with Crippen molar-refractivity contribution in [3.63, 3.8) is 0 Å². The lowest BCUT2D eigenvalue weighted by atomic mass is 10.6. The van der Waals surface area contributed by atoms with E-state index < -0.39 is 0 Å². The van der Waals surface area contributed by atoms with Crippen LogP contribution in [0.2, 0.25) is 10.4 Å². The Labute approximate surface area is 99.7 Å². The van der Waals surface area contributed by atoms with Crippen molar-refractivity contribution in [2.24, 2.45) is 0 Å². The maximum atomic E-state index is 8.06. The molecule has 76 valence electrons. The number of nitrogens with zero attached hydrogens (tertiary/aromatic N) is 2. The van der Waals surface area contributed by atoms with Gasteiger partial charge in [-0.2, -0.15) is 0 Å². The molecule has 0 atom stereocenters. The summed E-state index contributed by atoms with van der Waals surface area (Å²) in [7, 11) is 1.72. The molecule has 9 heteroatoms. The van der Waals surface area contributed by atoms with E-state index in [2.05, 4.69) is 9.97 Å². The average molecular weight is 285 g/mol. The quantitative estimate of drug-likeness (QED) is 0.452. The first kappa shape index (κ1) is 18.8. The Morgan fingerprint density at radius 3 is 2.00 bits per heavy atom. The van der Waals surface area contributed by atoms with Crippen molar-refractivity contribution in [2.75, 3.05) is 5.73 Å². The summed E-state index contributed by atoms with van der Waals surface area (Å²) >= 11 is 10.8. The van der Waals surface area contributed by atoms with Crippen LogP contribution in [0, 0.1) is 0 Å². The second-order valence-electron chi connectivity index (χ2n) is 1.38. The third-order valence-corrected chi connectivity index (χ3v) is 1.05. The number of halogens is 4. The number of hydrogen-bond acceptors (Lipinski definition) is 4. The van der Waals surface area contributed by atoms with Gasteiger partial charge in [-0.3, -0.25) is 4.57 Å². The van der Waals surface area contributed by atoms with Gasteiger partial charge in [-0.05, 0) is 11.6 Å². The van der Waals surface area contributed by atoms with Crippen LogP contribution in [-0.4, -0.2) is 9.97 Å². The monoisotopic (exact) mass is 283 g/mol. The Morgan fingerprint density at radius 2 is 1.69 bits per heavy atom. The maximum Gasteiger partial charge on any atom is 0.225 e. The zero-order valence-electron chi connectivity index (χ0n) is 6.03. The highest BCUT2D eigenvalue weighted by Gasteiger charge is 1.94. The number of nitrogens with two attached hydrogens (primary N) is 1. The zero-order chi connectivity index (χ0) is 8.85. The molecule has 2 N–H and O–H groups in total. The third kappa shape index (κ3) is 8.47. The lowest BCUT2D eigenvalue weighted by Gasteiger charge is -1.91. The Morgan fingerprint density at radius 1 is 1.23 bits per heavy atom. The largest absolute Gasteiger partial charge is 0.384 e. The van der Waals surface area contributed by atoms with Crippen LogP contribution in [0.3, 0.4) is 0 Å². The van der Waals surface area contributed by atoms with Gasteiger partial charge < -0.3 is 5.73 Å². The third-order valence-electron chi connectivity index (χ3n) is 0.687. The standard InChI is InChI=1S/C4H3Cl2N3.2ClH.HOP/c5-2-1-3(7)9-4(6)8-2;;;1-2/h1H,(H2,7,8,9);2*1H;2H. The predicted octanol–water partition coefficient (Wildman–Crippen LogP) is 2.68. The van der Waals surface area contributed by atoms with Gasteiger partial charge in [0.2, 0.25) is 5.28 Å². The van der Waals surface area contributed by atoms with Crippen molar-refractivity contribution >= 4 is 63.0 Å². The van der Waals surface area contributed by atoms with E-state index >= 15 is 0 Å². The van der Waals surface area contributed by atoms with Crippen molar-refractivity contribution in [1.29, 1.82) is 0 Å². The molecule has 0 saturated heterocycles. The fraction of sp³-hybridized carbons (Fsp3) is 0. The van der Waals surface area contributed by atoms with Crippen molar-refractivity contribution in [1.82, 2.24) is 9.97 Å². The fourth-order valence-electron chi connectivity index (χ4n) is 0.406. The van der Waals surface area contributed by atoms with Crippen LogP contribution >= 0.6 is 57.1 Å². The molecule has 1 rings (SSSR count). The summed E-state index contributed by atoms with van der Waals surface area (Å²) in [5.41, 5.74) is 5.24. The van der Waals surface area contributed by atoms with Crippen molar-refractivity contribution < 1.29 is 4.57 Å². The van der Waals surface area contributed by atoms with E-state index in [9.17, 15) is 0 Å². The van der Waals surface area contributed by atoms with Gasteiger partial charge in [0.25, 0.3) is 0 Å². The van der Waals surface area contributed by atoms with Gasteiger partial charge in [0.05, 0.1) is 0 Å². The van der Waals surface area contributed by atoms with Gasteiger partial charge in [-0.25, -0.2) is 9.97 Å². The molecule has 0 aliphatic heterocycles. The Kier molecular flexibility index (Phi) is 14.8. The van der Waals surface area contributed by atoms with E-state index in [4.69, 9.17) is 33.5 Å². The minimum atomic E-state index is 0. The number of anilines is 1. The molecular formula is C4H6Cl4N3OP. The molecule has 4 nitrogen and oxygen atoms in total. The van der Waals surface area contributed by atoms with Gasteiger partial charge >= 0.3 is 0 Å². The van der Waals surface area contributed by atoms with Crippen LogP contribution < -0.4 is 5.73 Å². The number of rotatable bonds is 0. The van der Waals surface area contributed by atoms with Gasteiger partial charge in [0.15, 0.2) is 0 Å². The van der Waals surface area contributed by atoms with Gasteiger partial charge in [0.1, 0.15) is 20.1 Å². The minimum absolute atomic E-state index is 0. The molecule has 0 aromatic carbocycles. The van der Waals surface area contributed by atoms with E-state index in [1.807, 2.05) is 0 Å². The van der Waals surface area contributed by atoms with Gasteiger partial charge in [-0.15, -0.1) is 24.8 Å². The maximum absolute atomic E-state index is 8.06. The van der Waals surface area contributed by atoms with Crippen molar-refractivity contribution in [2.45, 2.75) is 0 Å². The molecule has 13 heavy (non-hydrogen) atoms. The molecule has 0 aliphatic carbocycles. The van der Waals surface area contributed by atoms with Gasteiger partial charge in [-0.1, -0.05) is 11.6 Å². The number of hydrogen-bond donors (Lipinski definition) is 1. The molecule has 0 bridgehead atoms. The van der Waals surface area contributed by atoms with Crippen LogP contribution in [0.5, 0.6) is 0 Å². The highest BCUT2D eigenvalue weighted by molar-refractivity contribution is 7.00. The molecule has 1 aromatic heterocycles. The number of aromatic nitrogens is 2. The summed E-state index contributed by atoms with van der Waals surface area (Å²) in [6.45, 7) is 0. The highest BCUT2D eigenvalue weighted by Crippen LogP contribution is 2.10. The first-order valence-electron chi connectivity index (χ1n) is 2.34. The van der Waals surface area contributed by atoms with Crippen molar-refractivity contribution in [3.8, 4) is 0 Å². The van der Waals surface area contributed by atoms with Gasteiger partial charge in [0, 0.05) is 6.07 Å². The van der Waals surface area contributed by atoms with E-state index in [0.717, 1.165) is 0 Å². The highest BCUT2D eigenvalue weighted by atomic mass is 35.5. The summed E-state index contributed by atoms with van der Waals surface area (Å²) in [6.07, 6.45) is 0. The molecule has 0 aliphatic rings. The minimum Gasteiger partial charge on any atom is -0.384 e. The summed E-state index contributed by atoms with van der Waals surface area (Å²) in [4.78, 5) is 7.16. The summed E-state index contributed by atoms with van der Waals surface area (Å²) in [5.74, 6) is 0.278. The summed E-state index contributed by atoms with van der Waals surface area (Å²) < 4.78 is 8.06. The van der Waals surface area contributed by atoms with Crippen LogP contribution in [0.15, 0.2) is 6.07 Å². The fourth-order valence-corrected chi connectivity index (χ4v) is 0.830. The molecule has 0 unspecified atom stereocenters. The first-order valence-corrected chi connectivity index (χ1v) is 3.51. The summed E-state index contributed by atoms with van der Waals surface area (Å²) in [6, 6.07) is 1.42. The van der Waals surface area contributed by atoms with Crippen LogP contribution in [0.1, 0.15) is 0 Å². The molecule has 0 radical (unpaired) electrons. The lowest BCUT2D eigenvalue weighted by molar-refractivity contribution is 0.607. The Hall–Kier alpha value is 0.140. The predicted molar refractivity (Wildman–Crippen MR) is 60.0 cm³/mol. The molecule has 0 amide bonds. The van der Waals surface area contributed by atoms with Crippen LogP contribution in [0.25, 0.3) is 0 Å². The molecule has 0 fully saturated rings. The molecule has 1 aromatic rings. The zero-order valence-corrected chi connectivity index (χ0v) is 10.2. The normalized spacial score (nSPS) is 6.92. The van der Waals surface area contributed by atoms with Crippen LogP contribution in [0.4, 0.5) is 5.82 Å². The molecule has 0 spiro atoms. The van der Waals surface area contributed by atoms with E-state index in [0.29, 0.717) is 0 Å². The van der Waals surface area contributed by atoms with Crippen LogP contribution in [-0.2, 0) is 4.57 Å². The SMILES string of the molecule is Cl.Cl.Nc1cc(Cl)nc(Cl)n1.O=P. The Bertz CT molecular complexity index is 200. The smallest absolute Gasteiger partial charge is 0.225 e. The van der Waals surface area contributed by atoms with E-state index in [-0.39, 0.29) is 41.1 Å². The van der Waals surface area contributed by atoms with E-state index in [1.165, 1.54) is 6.07 Å². The second-order valence-corrected chi connectivity index (χ2v) is 2.11. The van der Waals surface area contributed by atoms with E-state index in [1.54, 1.807) is 9.12 Å². The summed E-state index contributed by atoms with van der Waals surface area (Å²) in [5, 5.41) is 0.326. The Balaban J connectivity index is -0.000000234.